The van der Waals surface area contributed by atoms with Crippen LogP contribution in [-0.2, 0) is 0 Å². The Morgan fingerprint density at radius 1 is 1.46 bits per heavy atom. The minimum atomic E-state index is 0.432. The number of anilines is 1. The monoisotopic (exact) mass is 175 g/mol. The molecule has 1 unspecified atom stereocenters. The molecule has 1 aliphatic rings. The smallest absolute Gasteiger partial charge is 0.143 e. The standard InChI is InChI=1S/C8H9N5/c9-7-6-4(5-2-10-5)1-11-8(6)13-3-12-7/h1,3,5,10H,2H2,(H3,9,11,12,13). The second-order valence-corrected chi connectivity index (χ2v) is 3.19. The van der Waals surface area contributed by atoms with E-state index in [0.29, 0.717) is 11.9 Å². The summed E-state index contributed by atoms with van der Waals surface area (Å²) in [5.41, 5.74) is 7.76. The predicted molar refractivity (Wildman–Crippen MR) is 49.0 cm³/mol. The van der Waals surface area contributed by atoms with E-state index in [1.807, 2.05) is 6.20 Å². The predicted octanol–water partition coefficient (Wildman–Crippen LogP) is 0.184. The van der Waals surface area contributed by atoms with Crippen molar-refractivity contribution < 1.29 is 0 Å². The van der Waals surface area contributed by atoms with Crippen molar-refractivity contribution in [2.24, 2.45) is 0 Å². The van der Waals surface area contributed by atoms with Crippen LogP contribution >= 0.6 is 0 Å². The number of fused-ring (bicyclic) bond motifs is 1. The topological polar surface area (TPSA) is 89.5 Å². The Morgan fingerprint density at radius 2 is 2.31 bits per heavy atom. The number of nitrogens with two attached hydrogens (primary N) is 1. The van der Waals surface area contributed by atoms with Gasteiger partial charge in [-0.2, -0.15) is 0 Å². The van der Waals surface area contributed by atoms with Crippen molar-refractivity contribution in [1.29, 1.82) is 0 Å². The number of rotatable bonds is 1. The average molecular weight is 175 g/mol. The molecule has 1 saturated heterocycles. The summed E-state index contributed by atoms with van der Waals surface area (Å²) in [4.78, 5) is 11.1. The molecule has 0 amide bonds. The van der Waals surface area contributed by atoms with Gasteiger partial charge in [-0.3, -0.25) is 0 Å². The molecule has 1 aliphatic heterocycles. The van der Waals surface area contributed by atoms with Crippen molar-refractivity contribution in [2.75, 3.05) is 12.3 Å². The van der Waals surface area contributed by atoms with Gasteiger partial charge in [-0.1, -0.05) is 0 Å². The highest BCUT2D eigenvalue weighted by molar-refractivity contribution is 5.89. The van der Waals surface area contributed by atoms with Crippen LogP contribution in [0.4, 0.5) is 5.82 Å². The second-order valence-electron chi connectivity index (χ2n) is 3.19. The van der Waals surface area contributed by atoms with Crippen molar-refractivity contribution in [2.45, 2.75) is 6.04 Å². The molecule has 4 N–H and O–H groups in total. The lowest BCUT2D eigenvalue weighted by atomic mass is 10.2. The van der Waals surface area contributed by atoms with Gasteiger partial charge < -0.3 is 16.0 Å². The Hall–Kier alpha value is -1.62. The summed E-state index contributed by atoms with van der Waals surface area (Å²) in [6.07, 6.45) is 3.42. The van der Waals surface area contributed by atoms with Gasteiger partial charge in [0.1, 0.15) is 17.8 Å². The Labute approximate surface area is 74.4 Å². The highest BCUT2D eigenvalue weighted by Crippen LogP contribution is 2.30. The second kappa shape index (κ2) is 2.20. The van der Waals surface area contributed by atoms with Gasteiger partial charge >= 0.3 is 0 Å². The normalized spacial score (nSPS) is 20.8. The molecule has 0 radical (unpaired) electrons. The third-order valence-electron chi connectivity index (χ3n) is 2.31. The fourth-order valence-corrected chi connectivity index (χ4v) is 1.57. The number of nitrogens with zero attached hydrogens (tertiary/aromatic N) is 2. The van der Waals surface area contributed by atoms with Crippen molar-refractivity contribution >= 4 is 16.9 Å². The summed E-state index contributed by atoms with van der Waals surface area (Å²) >= 11 is 0. The zero-order chi connectivity index (χ0) is 8.84. The van der Waals surface area contributed by atoms with Crippen LogP contribution in [0.2, 0.25) is 0 Å². The zero-order valence-corrected chi connectivity index (χ0v) is 6.91. The molecular formula is C8H9N5. The van der Waals surface area contributed by atoms with E-state index in [-0.39, 0.29) is 0 Å². The van der Waals surface area contributed by atoms with Gasteiger partial charge in [0, 0.05) is 24.3 Å². The molecule has 0 aromatic carbocycles. The largest absolute Gasteiger partial charge is 0.383 e. The van der Waals surface area contributed by atoms with Crippen LogP contribution in [0.3, 0.4) is 0 Å². The Bertz CT molecular complexity index is 457. The van der Waals surface area contributed by atoms with Gasteiger partial charge in [-0.05, 0) is 0 Å². The van der Waals surface area contributed by atoms with Crippen molar-refractivity contribution in [3.05, 3.63) is 18.1 Å². The Kier molecular flexibility index (Phi) is 1.16. The number of hydrogen-bond acceptors (Lipinski definition) is 4. The first-order valence-corrected chi connectivity index (χ1v) is 4.17. The lowest BCUT2D eigenvalue weighted by Crippen LogP contribution is -1.93. The highest BCUT2D eigenvalue weighted by atomic mass is 15.1. The van der Waals surface area contributed by atoms with Crippen molar-refractivity contribution in [3.8, 4) is 0 Å². The lowest BCUT2D eigenvalue weighted by molar-refractivity contribution is 1.09. The molecule has 13 heavy (non-hydrogen) atoms. The van der Waals surface area contributed by atoms with Crippen LogP contribution < -0.4 is 11.1 Å². The molecule has 3 rings (SSSR count). The van der Waals surface area contributed by atoms with Crippen LogP contribution in [0.5, 0.6) is 0 Å². The first kappa shape index (κ1) is 6.85. The van der Waals surface area contributed by atoms with Crippen molar-refractivity contribution in [1.82, 2.24) is 20.3 Å². The molecule has 5 nitrogen and oxygen atoms in total. The minimum absolute atomic E-state index is 0.432. The molecule has 2 aromatic heterocycles. The third kappa shape index (κ3) is 0.905. The van der Waals surface area contributed by atoms with E-state index in [9.17, 15) is 0 Å². The van der Waals surface area contributed by atoms with Gasteiger partial charge in [0.25, 0.3) is 0 Å². The fraction of sp³-hybridized carbons (Fsp3) is 0.250. The molecule has 1 atom stereocenters. The van der Waals surface area contributed by atoms with Crippen LogP contribution in [0.1, 0.15) is 11.6 Å². The number of aromatic nitrogens is 3. The first-order chi connectivity index (χ1) is 6.36. The first-order valence-electron chi connectivity index (χ1n) is 4.17. The Morgan fingerprint density at radius 3 is 3.08 bits per heavy atom. The maximum absolute atomic E-state index is 5.77. The van der Waals surface area contributed by atoms with Gasteiger partial charge in [-0.15, -0.1) is 0 Å². The van der Waals surface area contributed by atoms with Gasteiger partial charge in [0.2, 0.25) is 0 Å². The van der Waals surface area contributed by atoms with Gasteiger partial charge in [0.15, 0.2) is 0 Å². The maximum Gasteiger partial charge on any atom is 0.143 e. The maximum atomic E-state index is 5.77. The van der Waals surface area contributed by atoms with E-state index in [1.54, 1.807) is 0 Å². The summed E-state index contributed by atoms with van der Waals surface area (Å²) in [6.45, 7) is 1.02. The van der Waals surface area contributed by atoms with Crippen LogP contribution in [0.15, 0.2) is 12.5 Å². The quantitative estimate of drug-likeness (QED) is 0.539. The molecule has 0 bridgehead atoms. The Balaban J connectivity index is 2.34. The van der Waals surface area contributed by atoms with Gasteiger partial charge in [-0.25, -0.2) is 9.97 Å². The summed E-state index contributed by atoms with van der Waals surface area (Å²) in [6, 6.07) is 0.432. The van der Waals surface area contributed by atoms with E-state index in [2.05, 4.69) is 20.3 Å². The average Bonchev–Trinajstić information content (AvgIpc) is 2.87. The van der Waals surface area contributed by atoms with Crippen molar-refractivity contribution in [3.63, 3.8) is 0 Å². The lowest BCUT2D eigenvalue weighted by Gasteiger charge is -1.96. The summed E-state index contributed by atoms with van der Waals surface area (Å²) in [7, 11) is 0. The summed E-state index contributed by atoms with van der Waals surface area (Å²) in [5.74, 6) is 0.551. The number of H-pyrrole nitrogens is 1. The van der Waals surface area contributed by atoms with E-state index >= 15 is 0 Å². The number of nitrogen functional groups attached to an aromatic ring is 1. The minimum Gasteiger partial charge on any atom is -0.383 e. The van der Waals surface area contributed by atoms with E-state index in [4.69, 9.17) is 5.73 Å². The molecule has 0 saturated carbocycles. The number of nitrogens with one attached hydrogen (secondary N) is 2. The molecule has 0 spiro atoms. The van der Waals surface area contributed by atoms with Crippen LogP contribution in [0, 0.1) is 0 Å². The van der Waals surface area contributed by atoms with E-state index in [1.165, 1.54) is 11.9 Å². The molecule has 5 heteroatoms. The number of hydrogen-bond donors (Lipinski definition) is 3. The van der Waals surface area contributed by atoms with E-state index in [0.717, 1.165) is 17.6 Å². The fourth-order valence-electron chi connectivity index (χ4n) is 1.57. The van der Waals surface area contributed by atoms with Gasteiger partial charge in [0.05, 0.1) is 5.39 Å². The SMILES string of the molecule is Nc1ncnc2[nH]cc(C3CN3)c12. The number of aromatic amines is 1. The third-order valence-corrected chi connectivity index (χ3v) is 2.31. The molecule has 3 heterocycles. The molecule has 2 aromatic rings. The summed E-state index contributed by atoms with van der Waals surface area (Å²) < 4.78 is 0. The molecule has 66 valence electrons. The van der Waals surface area contributed by atoms with Crippen LogP contribution in [0.25, 0.3) is 11.0 Å². The molecule has 1 fully saturated rings. The van der Waals surface area contributed by atoms with E-state index < -0.39 is 0 Å². The molecular weight excluding hydrogens is 166 g/mol. The highest BCUT2D eigenvalue weighted by Gasteiger charge is 2.26. The summed E-state index contributed by atoms with van der Waals surface area (Å²) in [5, 5.41) is 4.18. The molecule has 0 aliphatic carbocycles. The zero-order valence-electron chi connectivity index (χ0n) is 6.91. The van der Waals surface area contributed by atoms with Crippen LogP contribution in [-0.4, -0.2) is 21.5 Å².